The Bertz CT molecular complexity index is 778. The second kappa shape index (κ2) is 4.59. The molecule has 112 valence electrons. The van der Waals surface area contributed by atoms with Crippen molar-refractivity contribution in [3.05, 3.63) is 36.0 Å². The molecule has 0 saturated carbocycles. The van der Waals surface area contributed by atoms with Gasteiger partial charge in [-0.3, -0.25) is 4.68 Å². The zero-order valence-electron chi connectivity index (χ0n) is 12.2. The molecule has 0 radical (unpaired) electrons. The third kappa shape index (κ3) is 2.55. The molecule has 1 atom stereocenters. The summed E-state index contributed by atoms with van der Waals surface area (Å²) in [5.74, 6) is 0.331. The molecule has 0 aliphatic carbocycles. The molecular formula is C15H19N3O2S. The standard InChI is InChI=1S/C15H19N3O2S/c1-11-3-5-12(6-4-11)14-13(16)9-18(17-14)15(2)7-8-21(19,20)10-15/h3-6,9H,7-8,10,16H2,1-2H3. The third-order valence-electron chi connectivity index (χ3n) is 4.10. The van der Waals surface area contributed by atoms with Gasteiger partial charge in [0, 0.05) is 11.8 Å². The predicted molar refractivity (Wildman–Crippen MR) is 83.7 cm³/mol. The summed E-state index contributed by atoms with van der Waals surface area (Å²) in [7, 11) is -2.98. The van der Waals surface area contributed by atoms with E-state index in [-0.39, 0.29) is 11.5 Å². The molecule has 0 bridgehead atoms. The highest BCUT2D eigenvalue weighted by molar-refractivity contribution is 7.91. The zero-order chi connectivity index (χ0) is 15.3. The van der Waals surface area contributed by atoms with Crippen molar-refractivity contribution < 1.29 is 8.42 Å². The van der Waals surface area contributed by atoms with Gasteiger partial charge in [-0.1, -0.05) is 29.8 Å². The van der Waals surface area contributed by atoms with Crippen LogP contribution in [0.25, 0.3) is 11.3 Å². The second-order valence-electron chi connectivity index (χ2n) is 6.08. The summed E-state index contributed by atoms with van der Waals surface area (Å²) in [6, 6.07) is 7.98. The van der Waals surface area contributed by atoms with E-state index in [1.807, 2.05) is 38.1 Å². The largest absolute Gasteiger partial charge is 0.396 e. The Morgan fingerprint density at radius 2 is 1.95 bits per heavy atom. The van der Waals surface area contributed by atoms with Gasteiger partial charge >= 0.3 is 0 Å². The number of benzene rings is 1. The average molecular weight is 305 g/mol. The molecule has 1 saturated heterocycles. The van der Waals surface area contributed by atoms with Gasteiger partial charge in [0.1, 0.15) is 5.69 Å². The molecule has 1 aromatic heterocycles. The normalized spacial score (nSPS) is 24.3. The van der Waals surface area contributed by atoms with Crippen molar-refractivity contribution in [2.24, 2.45) is 0 Å². The van der Waals surface area contributed by atoms with Crippen LogP contribution in [0.1, 0.15) is 18.9 Å². The first-order valence-electron chi connectivity index (χ1n) is 6.92. The van der Waals surface area contributed by atoms with Crippen LogP contribution >= 0.6 is 0 Å². The monoisotopic (exact) mass is 305 g/mol. The smallest absolute Gasteiger partial charge is 0.152 e. The number of nitrogens with two attached hydrogens (primary N) is 1. The van der Waals surface area contributed by atoms with E-state index in [9.17, 15) is 8.42 Å². The molecule has 1 aromatic carbocycles. The van der Waals surface area contributed by atoms with Crippen LogP contribution in [0.4, 0.5) is 5.69 Å². The lowest BCUT2D eigenvalue weighted by Crippen LogP contribution is -2.31. The summed E-state index contributed by atoms with van der Waals surface area (Å²) in [5, 5.41) is 4.56. The molecule has 21 heavy (non-hydrogen) atoms. The van der Waals surface area contributed by atoms with Crippen molar-refractivity contribution >= 4 is 15.5 Å². The lowest BCUT2D eigenvalue weighted by Gasteiger charge is -2.22. The van der Waals surface area contributed by atoms with Crippen LogP contribution in [0.2, 0.25) is 0 Å². The van der Waals surface area contributed by atoms with E-state index in [1.165, 1.54) is 5.56 Å². The molecule has 6 heteroatoms. The van der Waals surface area contributed by atoms with Crippen molar-refractivity contribution in [2.45, 2.75) is 25.8 Å². The number of hydrogen-bond acceptors (Lipinski definition) is 4. The number of nitrogen functional groups attached to an aromatic ring is 1. The van der Waals surface area contributed by atoms with E-state index >= 15 is 0 Å². The van der Waals surface area contributed by atoms with E-state index in [4.69, 9.17) is 5.73 Å². The Morgan fingerprint density at radius 3 is 2.52 bits per heavy atom. The molecule has 2 N–H and O–H groups in total. The van der Waals surface area contributed by atoms with Gasteiger partial charge in [0.25, 0.3) is 0 Å². The second-order valence-corrected chi connectivity index (χ2v) is 8.27. The molecule has 1 fully saturated rings. The molecule has 5 nitrogen and oxygen atoms in total. The van der Waals surface area contributed by atoms with Gasteiger partial charge in [-0.2, -0.15) is 5.10 Å². The van der Waals surface area contributed by atoms with Crippen molar-refractivity contribution in [1.29, 1.82) is 0 Å². The summed E-state index contributed by atoms with van der Waals surface area (Å²) in [5.41, 5.74) is 8.97. The maximum Gasteiger partial charge on any atom is 0.152 e. The summed E-state index contributed by atoms with van der Waals surface area (Å²) < 4.78 is 25.2. The van der Waals surface area contributed by atoms with Gasteiger partial charge in [0.2, 0.25) is 0 Å². The molecule has 0 spiro atoms. The fourth-order valence-electron chi connectivity index (χ4n) is 2.77. The molecule has 1 aliphatic rings. The molecule has 1 aliphatic heterocycles. The number of sulfone groups is 1. The first-order valence-corrected chi connectivity index (χ1v) is 8.74. The van der Waals surface area contributed by atoms with Crippen LogP contribution in [0.3, 0.4) is 0 Å². The lowest BCUT2D eigenvalue weighted by molar-refractivity contribution is 0.329. The van der Waals surface area contributed by atoms with Crippen LogP contribution < -0.4 is 5.73 Å². The van der Waals surface area contributed by atoms with E-state index in [1.54, 1.807) is 10.9 Å². The summed E-state index contributed by atoms with van der Waals surface area (Å²) >= 11 is 0. The van der Waals surface area contributed by atoms with Gasteiger partial charge in [-0.05, 0) is 20.3 Å². The van der Waals surface area contributed by atoms with E-state index in [2.05, 4.69) is 5.10 Å². The number of nitrogens with zero attached hydrogens (tertiary/aromatic N) is 2. The van der Waals surface area contributed by atoms with Gasteiger partial charge in [-0.25, -0.2) is 8.42 Å². The van der Waals surface area contributed by atoms with E-state index in [0.29, 0.717) is 17.8 Å². The average Bonchev–Trinajstić information content (AvgIpc) is 2.92. The SMILES string of the molecule is Cc1ccc(-c2nn(C3(C)CCS(=O)(=O)C3)cc2N)cc1. The number of aromatic nitrogens is 2. The summed E-state index contributed by atoms with van der Waals surface area (Å²) in [6.45, 7) is 3.94. The van der Waals surface area contributed by atoms with Crippen molar-refractivity contribution in [3.8, 4) is 11.3 Å². The van der Waals surface area contributed by atoms with Crippen LogP contribution in [0.15, 0.2) is 30.5 Å². The molecular weight excluding hydrogens is 286 g/mol. The Labute approximate surface area is 124 Å². The first-order chi connectivity index (χ1) is 9.79. The highest BCUT2D eigenvalue weighted by Crippen LogP contribution is 2.33. The summed E-state index contributed by atoms with van der Waals surface area (Å²) in [6.07, 6.45) is 2.32. The topological polar surface area (TPSA) is 78.0 Å². The van der Waals surface area contributed by atoms with Crippen molar-refractivity contribution in [2.75, 3.05) is 17.2 Å². The minimum Gasteiger partial charge on any atom is -0.396 e. The summed E-state index contributed by atoms with van der Waals surface area (Å²) in [4.78, 5) is 0. The van der Waals surface area contributed by atoms with Gasteiger partial charge < -0.3 is 5.73 Å². The Morgan fingerprint density at radius 1 is 1.29 bits per heavy atom. The van der Waals surface area contributed by atoms with Crippen LogP contribution in [-0.2, 0) is 15.4 Å². The molecule has 2 heterocycles. The zero-order valence-corrected chi connectivity index (χ0v) is 13.0. The minimum absolute atomic E-state index is 0.120. The van der Waals surface area contributed by atoms with Crippen molar-refractivity contribution in [1.82, 2.24) is 9.78 Å². The fraction of sp³-hybridized carbons (Fsp3) is 0.400. The van der Waals surface area contributed by atoms with Crippen LogP contribution in [-0.4, -0.2) is 29.7 Å². The van der Waals surface area contributed by atoms with Crippen LogP contribution in [0, 0.1) is 6.92 Å². The predicted octanol–water partition coefficient (Wildman–Crippen LogP) is 1.97. The molecule has 0 amide bonds. The fourth-order valence-corrected chi connectivity index (χ4v) is 4.89. The van der Waals surface area contributed by atoms with Crippen LogP contribution in [0.5, 0.6) is 0 Å². The maximum atomic E-state index is 11.7. The van der Waals surface area contributed by atoms with Gasteiger partial charge in [0.05, 0.1) is 22.7 Å². The number of aryl methyl sites for hydroxylation is 1. The van der Waals surface area contributed by atoms with Gasteiger partial charge in [-0.15, -0.1) is 0 Å². The number of rotatable bonds is 2. The Balaban J connectivity index is 2.00. The molecule has 1 unspecified atom stereocenters. The number of hydrogen-bond donors (Lipinski definition) is 1. The maximum absolute atomic E-state index is 11.7. The minimum atomic E-state index is -2.98. The van der Waals surface area contributed by atoms with Gasteiger partial charge in [0.15, 0.2) is 9.84 Å². The highest BCUT2D eigenvalue weighted by Gasteiger charge is 2.40. The first kappa shape index (κ1) is 14.1. The van der Waals surface area contributed by atoms with E-state index < -0.39 is 15.4 Å². The quantitative estimate of drug-likeness (QED) is 0.920. The highest BCUT2D eigenvalue weighted by atomic mass is 32.2. The van der Waals surface area contributed by atoms with E-state index in [0.717, 1.165) is 5.56 Å². The lowest BCUT2D eigenvalue weighted by atomic mass is 10.0. The Hall–Kier alpha value is -1.82. The third-order valence-corrected chi connectivity index (χ3v) is 5.99. The Kier molecular flexibility index (Phi) is 3.09. The number of anilines is 1. The molecule has 3 rings (SSSR count). The molecule has 2 aromatic rings. The van der Waals surface area contributed by atoms with Crippen molar-refractivity contribution in [3.63, 3.8) is 0 Å².